The molecule has 1 heterocycles. The van der Waals surface area contributed by atoms with Crippen molar-refractivity contribution in [2.24, 2.45) is 0 Å². The average molecular weight is 299 g/mol. The van der Waals surface area contributed by atoms with Crippen molar-refractivity contribution in [3.05, 3.63) is 28.8 Å². The van der Waals surface area contributed by atoms with E-state index in [9.17, 15) is 0 Å². The molecule has 1 aromatic rings. The van der Waals surface area contributed by atoms with Crippen molar-refractivity contribution in [3.63, 3.8) is 0 Å². The molecule has 1 aromatic carbocycles. The molecule has 0 aliphatic carbocycles. The van der Waals surface area contributed by atoms with Crippen LogP contribution >= 0.6 is 11.6 Å². The van der Waals surface area contributed by atoms with Crippen LogP contribution in [0.2, 0.25) is 5.02 Å². The fourth-order valence-electron chi connectivity index (χ4n) is 2.48. The molecule has 1 unspecified atom stereocenters. The second kappa shape index (κ2) is 7.84. The third-order valence-electron chi connectivity index (χ3n) is 3.52. The standard InChI is InChI=1S/C15H23ClN2O2/c1-12-11-20-9-7-18(12)15-13(4-3-5-14(15)16)10-17-6-8-19-2/h3-5,12,17H,6-11H2,1-2H3. The second-order valence-electron chi connectivity index (χ2n) is 5.03. The quantitative estimate of drug-likeness (QED) is 0.817. The third-order valence-corrected chi connectivity index (χ3v) is 3.83. The lowest BCUT2D eigenvalue weighted by molar-refractivity contribution is 0.0988. The van der Waals surface area contributed by atoms with E-state index in [0.29, 0.717) is 12.6 Å². The molecule has 0 saturated carbocycles. The van der Waals surface area contributed by atoms with Crippen molar-refractivity contribution in [2.75, 3.05) is 44.9 Å². The van der Waals surface area contributed by atoms with Crippen LogP contribution in [-0.4, -0.2) is 46.1 Å². The van der Waals surface area contributed by atoms with Crippen LogP contribution in [-0.2, 0) is 16.0 Å². The summed E-state index contributed by atoms with van der Waals surface area (Å²) in [4.78, 5) is 2.35. The largest absolute Gasteiger partial charge is 0.383 e. The van der Waals surface area contributed by atoms with E-state index in [2.05, 4.69) is 23.2 Å². The van der Waals surface area contributed by atoms with Gasteiger partial charge in [0.1, 0.15) is 0 Å². The summed E-state index contributed by atoms with van der Waals surface area (Å²) in [6.07, 6.45) is 0. The molecule has 0 aromatic heterocycles. The van der Waals surface area contributed by atoms with Gasteiger partial charge in [0, 0.05) is 32.8 Å². The van der Waals surface area contributed by atoms with E-state index in [1.807, 2.05) is 12.1 Å². The Morgan fingerprint density at radius 2 is 2.35 bits per heavy atom. The zero-order valence-corrected chi connectivity index (χ0v) is 12.9. The highest BCUT2D eigenvalue weighted by atomic mass is 35.5. The van der Waals surface area contributed by atoms with Crippen LogP contribution in [0.15, 0.2) is 18.2 Å². The third kappa shape index (κ3) is 3.85. The Bertz CT molecular complexity index is 428. The Morgan fingerprint density at radius 3 is 3.10 bits per heavy atom. The smallest absolute Gasteiger partial charge is 0.0668 e. The number of hydrogen-bond acceptors (Lipinski definition) is 4. The van der Waals surface area contributed by atoms with Crippen molar-refractivity contribution in [2.45, 2.75) is 19.5 Å². The highest BCUT2D eigenvalue weighted by molar-refractivity contribution is 6.33. The van der Waals surface area contributed by atoms with Gasteiger partial charge in [-0.25, -0.2) is 0 Å². The molecule has 1 N–H and O–H groups in total. The fraction of sp³-hybridized carbons (Fsp3) is 0.600. The van der Waals surface area contributed by atoms with Crippen LogP contribution in [0, 0.1) is 0 Å². The van der Waals surface area contributed by atoms with Crippen molar-refractivity contribution < 1.29 is 9.47 Å². The molecule has 2 rings (SSSR count). The van der Waals surface area contributed by atoms with E-state index >= 15 is 0 Å². The van der Waals surface area contributed by atoms with Crippen LogP contribution in [0.5, 0.6) is 0 Å². The molecule has 0 radical (unpaired) electrons. The summed E-state index contributed by atoms with van der Waals surface area (Å²) in [7, 11) is 1.71. The van der Waals surface area contributed by atoms with Crippen LogP contribution in [0.1, 0.15) is 12.5 Å². The average Bonchev–Trinajstić information content (AvgIpc) is 2.45. The molecule has 4 nitrogen and oxygen atoms in total. The summed E-state index contributed by atoms with van der Waals surface area (Å²) in [5.74, 6) is 0. The van der Waals surface area contributed by atoms with Crippen LogP contribution in [0.25, 0.3) is 0 Å². The molecule has 0 bridgehead atoms. The van der Waals surface area contributed by atoms with Crippen molar-refractivity contribution in [3.8, 4) is 0 Å². The lowest BCUT2D eigenvalue weighted by Crippen LogP contribution is -2.44. The topological polar surface area (TPSA) is 33.7 Å². The summed E-state index contributed by atoms with van der Waals surface area (Å²) in [5, 5.41) is 4.19. The molecule has 20 heavy (non-hydrogen) atoms. The number of anilines is 1. The lowest BCUT2D eigenvalue weighted by atomic mass is 10.1. The number of benzene rings is 1. The molecular weight excluding hydrogens is 276 g/mol. The summed E-state index contributed by atoms with van der Waals surface area (Å²) in [6.45, 7) is 6.91. The number of morpholine rings is 1. The predicted octanol–water partition coefficient (Wildman–Crippen LogP) is 2.30. The number of nitrogens with one attached hydrogen (secondary N) is 1. The van der Waals surface area contributed by atoms with Gasteiger partial charge in [0.2, 0.25) is 0 Å². The minimum Gasteiger partial charge on any atom is -0.383 e. The van der Waals surface area contributed by atoms with Gasteiger partial charge in [0.25, 0.3) is 0 Å². The van der Waals surface area contributed by atoms with Crippen molar-refractivity contribution in [1.82, 2.24) is 5.32 Å². The Morgan fingerprint density at radius 1 is 1.50 bits per heavy atom. The first kappa shape index (κ1) is 15.6. The molecule has 1 saturated heterocycles. The monoisotopic (exact) mass is 298 g/mol. The first-order valence-electron chi connectivity index (χ1n) is 7.05. The van der Waals surface area contributed by atoms with Crippen LogP contribution < -0.4 is 10.2 Å². The fourth-order valence-corrected chi connectivity index (χ4v) is 2.78. The number of ether oxygens (including phenoxy) is 2. The van der Waals surface area contributed by atoms with E-state index in [-0.39, 0.29) is 0 Å². The molecule has 112 valence electrons. The van der Waals surface area contributed by atoms with Gasteiger partial charge in [-0.3, -0.25) is 0 Å². The van der Waals surface area contributed by atoms with Crippen LogP contribution in [0.3, 0.4) is 0 Å². The first-order valence-corrected chi connectivity index (χ1v) is 7.43. The zero-order chi connectivity index (χ0) is 14.4. The SMILES string of the molecule is COCCNCc1cccc(Cl)c1N1CCOCC1C. The summed E-state index contributed by atoms with van der Waals surface area (Å²) >= 11 is 6.43. The van der Waals surface area contributed by atoms with Crippen LogP contribution in [0.4, 0.5) is 5.69 Å². The summed E-state index contributed by atoms with van der Waals surface area (Å²) < 4.78 is 10.6. The first-order chi connectivity index (χ1) is 9.74. The minimum absolute atomic E-state index is 0.348. The van der Waals surface area contributed by atoms with Gasteiger partial charge >= 0.3 is 0 Å². The van der Waals surface area contributed by atoms with E-state index in [1.54, 1.807) is 7.11 Å². The molecular formula is C15H23ClN2O2. The Kier molecular flexibility index (Phi) is 6.10. The van der Waals surface area contributed by atoms with E-state index < -0.39 is 0 Å². The summed E-state index contributed by atoms with van der Waals surface area (Å²) in [5.41, 5.74) is 2.36. The second-order valence-corrected chi connectivity index (χ2v) is 5.44. The number of rotatable bonds is 6. The van der Waals surface area contributed by atoms with E-state index in [1.165, 1.54) is 5.56 Å². The molecule has 1 fully saturated rings. The van der Waals surface area contributed by atoms with Gasteiger partial charge in [-0.05, 0) is 18.6 Å². The minimum atomic E-state index is 0.348. The highest BCUT2D eigenvalue weighted by Gasteiger charge is 2.23. The van der Waals surface area contributed by atoms with E-state index in [4.69, 9.17) is 21.1 Å². The van der Waals surface area contributed by atoms with Gasteiger partial charge < -0.3 is 19.7 Å². The maximum Gasteiger partial charge on any atom is 0.0668 e. The number of hydrogen-bond donors (Lipinski definition) is 1. The lowest BCUT2D eigenvalue weighted by Gasteiger charge is -2.37. The molecule has 1 atom stereocenters. The number of halogens is 1. The van der Waals surface area contributed by atoms with E-state index in [0.717, 1.165) is 43.6 Å². The normalized spacial score (nSPS) is 19.4. The maximum absolute atomic E-state index is 6.43. The van der Waals surface area contributed by atoms with Gasteiger partial charge in [-0.1, -0.05) is 23.7 Å². The zero-order valence-electron chi connectivity index (χ0n) is 12.2. The van der Waals surface area contributed by atoms with Crippen molar-refractivity contribution >= 4 is 17.3 Å². The number of para-hydroxylation sites is 1. The molecule has 1 aliphatic heterocycles. The van der Waals surface area contributed by atoms with Gasteiger partial charge in [-0.15, -0.1) is 0 Å². The highest BCUT2D eigenvalue weighted by Crippen LogP contribution is 2.32. The molecule has 0 amide bonds. The van der Waals surface area contributed by atoms with Gasteiger partial charge in [0.05, 0.1) is 30.5 Å². The van der Waals surface area contributed by atoms with Gasteiger partial charge in [0.15, 0.2) is 0 Å². The number of nitrogens with zero attached hydrogens (tertiary/aromatic N) is 1. The molecule has 1 aliphatic rings. The Hall–Kier alpha value is -0.810. The Balaban J connectivity index is 2.13. The molecule has 5 heteroatoms. The number of methoxy groups -OCH3 is 1. The Labute approximate surface area is 126 Å². The van der Waals surface area contributed by atoms with Crippen molar-refractivity contribution in [1.29, 1.82) is 0 Å². The predicted molar refractivity (Wildman–Crippen MR) is 82.7 cm³/mol. The summed E-state index contributed by atoms with van der Waals surface area (Å²) in [6, 6.07) is 6.44. The maximum atomic E-state index is 6.43. The van der Waals surface area contributed by atoms with Gasteiger partial charge in [-0.2, -0.15) is 0 Å². The molecule has 0 spiro atoms.